The number of nitrogens with zero attached hydrogens (tertiary/aromatic N) is 2. The number of rotatable bonds is 24. The maximum Gasteiger partial charge on any atom is 0.410 e. The number of benzene rings is 3. The van der Waals surface area contributed by atoms with Gasteiger partial charge in [-0.25, -0.2) is 4.79 Å². The molecule has 6 atom stereocenters. The minimum atomic E-state index is -1.46. The highest BCUT2D eigenvalue weighted by atomic mass is 32.2. The van der Waals surface area contributed by atoms with E-state index in [0.717, 1.165) is 47.3 Å². The van der Waals surface area contributed by atoms with Crippen LogP contribution in [0.1, 0.15) is 68.9 Å². The van der Waals surface area contributed by atoms with E-state index in [0.29, 0.717) is 35.8 Å². The second kappa shape index (κ2) is 23.2. The Labute approximate surface area is 364 Å². The molecule has 0 radical (unpaired) electrons. The van der Waals surface area contributed by atoms with Crippen LogP contribution in [0.2, 0.25) is 0 Å². The van der Waals surface area contributed by atoms with Gasteiger partial charge in [0.2, 0.25) is 5.79 Å². The van der Waals surface area contributed by atoms with Gasteiger partial charge in [-0.3, -0.25) is 4.90 Å². The number of amides is 1. The van der Waals surface area contributed by atoms with Gasteiger partial charge in [-0.1, -0.05) is 60.5 Å². The summed E-state index contributed by atoms with van der Waals surface area (Å²) in [4.78, 5) is 23.2. The fourth-order valence-electron chi connectivity index (χ4n) is 9.16. The number of allylic oxidation sites excluding steroid dienone is 1. The first kappa shape index (κ1) is 46.1. The largest absolute Gasteiger partial charge is 0.459 e. The van der Waals surface area contributed by atoms with Crippen molar-refractivity contribution in [3.63, 3.8) is 0 Å². The molecule has 12 nitrogen and oxygen atoms in total. The molecule has 1 heterocycles. The fourth-order valence-corrected chi connectivity index (χ4v) is 9.57. The van der Waals surface area contributed by atoms with Gasteiger partial charge in [-0.15, -0.1) is 18.3 Å². The van der Waals surface area contributed by atoms with Crippen LogP contribution >= 0.6 is 11.8 Å². The highest BCUT2D eigenvalue weighted by molar-refractivity contribution is 7.98. The lowest BCUT2D eigenvalue weighted by Crippen LogP contribution is -2.70. The van der Waals surface area contributed by atoms with Crippen LogP contribution < -0.4 is 9.47 Å². The van der Waals surface area contributed by atoms with Crippen molar-refractivity contribution in [3.05, 3.63) is 108 Å². The number of carbonyl (C=O) groups excluding carboxylic acids is 1. The van der Waals surface area contributed by atoms with Crippen molar-refractivity contribution in [1.29, 1.82) is 0 Å². The lowest BCUT2D eigenvalue weighted by atomic mass is 9.55. The molecular formula is C48H62N2O10S. The number of unbranched alkanes of at least 4 members (excludes halogenated alkanes) is 2. The number of hydrogen-bond acceptors (Lipinski definition) is 12. The van der Waals surface area contributed by atoms with Crippen molar-refractivity contribution >= 4 is 23.6 Å². The minimum Gasteiger partial charge on any atom is -0.459 e. The lowest BCUT2D eigenvalue weighted by molar-refractivity contribution is -0.256. The maximum atomic E-state index is 14.2. The topological polar surface area (TPSA) is 149 Å². The van der Waals surface area contributed by atoms with Crippen LogP contribution in [0.3, 0.4) is 0 Å². The number of oxime groups is 1. The molecule has 6 unspecified atom stereocenters. The van der Waals surface area contributed by atoms with Crippen LogP contribution in [-0.2, 0) is 25.7 Å². The average molecular weight is 859 g/mol. The molecule has 61 heavy (non-hydrogen) atoms. The Morgan fingerprint density at radius 1 is 0.967 bits per heavy atom. The number of aliphatic hydroxyl groups is 3. The Hall–Kier alpha value is -4.37. The minimum absolute atomic E-state index is 0.0404. The maximum absolute atomic E-state index is 14.2. The van der Waals surface area contributed by atoms with Crippen LogP contribution in [0, 0.1) is 17.8 Å². The van der Waals surface area contributed by atoms with Gasteiger partial charge in [0.1, 0.15) is 29.9 Å². The number of fused-ring (bicyclic) bond motifs is 2. The molecule has 1 saturated carbocycles. The van der Waals surface area contributed by atoms with Gasteiger partial charge >= 0.3 is 6.09 Å². The molecule has 13 heteroatoms. The Morgan fingerprint density at radius 3 is 2.43 bits per heavy atom. The summed E-state index contributed by atoms with van der Waals surface area (Å²) in [5, 5.41) is 34.3. The SMILES string of the molecule is C=CCOC12Oc3ccc(Oc4ccc(SC)cc4)cc3C3C(CCCCO)C(CCCCO)C=C(C(=NOCc4ccccc4)CC1N(CCOCCO)C(=O)OCC)C32. The van der Waals surface area contributed by atoms with Crippen molar-refractivity contribution in [3.8, 4) is 17.2 Å². The first-order valence-corrected chi connectivity index (χ1v) is 22.8. The standard InChI is InChI=1S/C48H62N2O10S/c1-4-27-57-48-44(50(47(54)56-5-2)23-28-55-29-26-53)32-42(49-58-33-34-13-7-6-8-14-34)40-30-35(15-9-11-24-51)39(16-10-12-25-52)45(46(40)48)41-31-37(19-22-43(41)60-48)59-36-17-20-38(61-3)21-18-36/h4,6-8,13-14,17-22,30-31,35,39,44-46,51-53H,1,5,9-12,15-16,23-29,32-33H2,2-3H3. The summed E-state index contributed by atoms with van der Waals surface area (Å²) >= 11 is 1.67. The second-order valence-corrected chi connectivity index (χ2v) is 16.4. The van der Waals surface area contributed by atoms with Gasteiger partial charge in [-0.05, 0) is 104 Å². The molecule has 3 aliphatic rings. The van der Waals surface area contributed by atoms with Gasteiger partial charge in [0.05, 0.1) is 44.7 Å². The summed E-state index contributed by atoms with van der Waals surface area (Å²) in [6.45, 7) is 6.69. The third-order valence-electron chi connectivity index (χ3n) is 11.8. The van der Waals surface area contributed by atoms with E-state index in [1.807, 2.05) is 73.0 Å². The molecule has 0 aromatic heterocycles. The highest BCUT2D eigenvalue weighted by Crippen LogP contribution is 2.62. The summed E-state index contributed by atoms with van der Waals surface area (Å²) in [5.41, 5.74) is 3.51. The van der Waals surface area contributed by atoms with Crippen molar-refractivity contribution in [2.75, 3.05) is 59.0 Å². The van der Waals surface area contributed by atoms with E-state index in [-0.39, 0.29) is 83.6 Å². The molecule has 1 amide bonds. The molecule has 1 aliphatic heterocycles. The van der Waals surface area contributed by atoms with Crippen molar-refractivity contribution < 1.29 is 48.6 Å². The Morgan fingerprint density at radius 2 is 1.72 bits per heavy atom. The first-order valence-electron chi connectivity index (χ1n) is 21.6. The summed E-state index contributed by atoms with van der Waals surface area (Å²) < 4.78 is 32.3. The molecule has 330 valence electrons. The van der Waals surface area contributed by atoms with E-state index in [2.05, 4.69) is 18.7 Å². The normalized spacial score (nSPS) is 23.3. The smallest absolute Gasteiger partial charge is 0.410 e. The van der Waals surface area contributed by atoms with E-state index in [1.165, 1.54) is 0 Å². The first-order chi connectivity index (χ1) is 29.9. The quantitative estimate of drug-likeness (QED) is 0.0345. The zero-order valence-electron chi connectivity index (χ0n) is 35.5. The molecule has 3 aromatic rings. The van der Waals surface area contributed by atoms with Crippen molar-refractivity contribution in [2.45, 2.75) is 81.1 Å². The Bertz CT molecular complexity index is 1910. The Kier molecular flexibility index (Phi) is 17.5. The summed E-state index contributed by atoms with van der Waals surface area (Å²) in [6.07, 6.45) is 10.3. The van der Waals surface area contributed by atoms with E-state index in [4.69, 9.17) is 33.7 Å². The average Bonchev–Trinajstić information content (AvgIpc) is 3.28. The third-order valence-corrected chi connectivity index (χ3v) is 12.5. The summed E-state index contributed by atoms with van der Waals surface area (Å²) in [5.74, 6) is -0.105. The lowest BCUT2D eigenvalue weighted by Gasteiger charge is -2.59. The van der Waals surface area contributed by atoms with E-state index >= 15 is 0 Å². The number of thioether (sulfide) groups is 1. The van der Waals surface area contributed by atoms with Gasteiger partial charge in [0, 0.05) is 42.6 Å². The van der Waals surface area contributed by atoms with Gasteiger partial charge in [0.15, 0.2) is 0 Å². The molecule has 0 saturated heterocycles. The van der Waals surface area contributed by atoms with Gasteiger partial charge in [-0.2, -0.15) is 0 Å². The van der Waals surface area contributed by atoms with E-state index < -0.39 is 23.8 Å². The summed E-state index contributed by atoms with van der Waals surface area (Å²) in [6, 6.07) is 23.0. The zero-order valence-corrected chi connectivity index (χ0v) is 36.3. The highest BCUT2D eigenvalue weighted by Gasteiger charge is 2.65. The van der Waals surface area contributed by atoms with Gasteiger partial charge in [0.25, 0.3) is 0 Å². The molecule has 3 aromatic carbocycles. The molecule has 3 N–H and O–H groups in total. The molecule has 2 aliphatic carbocycles. The van der Waals surface area contributed by atoms with Crippen LogP contribution in [0.5, 0.6) is 17.2 Å². The summed E-state index contributed by atoms with van der Waals surface area (Å²) in [7, 11) is 0. The zero-order chi connectivity index (χ0) is 43.0. The molecule has 0 spiro atoms. The number of hydrogen-bond donors (Lipinski definition) is 3. The van der Waals surface area contributed by atoms with Crippen LogP contribution in [-0.4, -0.2) is 103 Å². The fraction of sp³-hybridized carbons (Fsp3) is 0.500. The molecule has 6 rings (SSSR count). The molecule has 1 fully saturated rings. The van der Waals surface area contributed by atoms with Crippen LogP contribution in [0.25, 0.3) is 0 Å². The predicted octanol–water partition coefficient (Wildman–Crippen LogP) is 8.50. The monoisotopic (exact) mass is 858 g/mol. The number of ether oxygens (including phenoxy) is 5. The van der Waals surface area contributed by atoms with E-state index in [1.54, 1.807) is 29.7 Å². The predicted molar refractivity (Wildman–Crippen MR) is 236 cm³/mol. The van der Waals surface area contributed by atoms with Crippen LogP contribution in [0.4, 0.5) is 4.79 Å². The molecule has 0 bridgehead atoms. The van der Waals surface area contributed by atoms with E-state index in [9.17, 15) is 20.1 Å². The number of aliphatic hydroxyl groups excluding tert-OH is 3. The van der Waals surface area contributed by atoms with Crippen molar-refractivity contribution in [2.24, 2.45) is 22.9 Å². The van der Waals surface area contributed by atoms with Crippen LogP contribution in [0.15, 0.2) is 107 Å². The third kappa shape index (κ3) is 11.2. The van der Waals surface area contributed by atoms with Crippen molar-refractivity contribution in [1.82, 2.24) is 4.90 Å². The molecular weight excluding hydrogens is 797 g/mol. The van der Waals surface area contributed by atoms with Gasteiger partial charge < -0.3 is 43.8 Å². The number of carbonyl (C=O) groups is 1. The second-order valence-electron chi connectivity index (χ2n) is 15.5. The Balaban J connectivity index is 1.56.